The monoisotopic (exact) mass is 533 g/mol. The molecular formula is C25H21Cl2NO6S. The third-order valence-corrected chi connectivity index (χ3v) is 7.64. The van der Waals surface area contributed by atoms with Gasteiger partial charge in [-0.25, -0.2) is 12.4 Å². The molecular weight excluding hydrogens is 513 g/mol. The standard InChI is InChI=1S/C25H21Cl2NO6S/c1-2-33-17-8-10-24-21(13-17)16(6-11-25(29)30)15-28(24)35(31,32)20-5-3-4-18(12-20)34-19-7-9-22(26)23(27)14-19/h3-5,7-10,12-15H,2,6,11H2,1H3,(H,29,30). The molecule has 0 fully saturated rings. The van der Waals surface area contributed by atoms with Crippen molar-refractivity contribution in [3.05, 3.63) is 82.5 Å². The molecule has 1 N–H and O–H groups in total. The van der Waals surface area contributed by atoms with Crippen molar-refractivity contribution in [1.29, 1.82) is 0 Å². The van der Waals surface area contributed by atoms with Crippen LogP contribution in [0.5, 0.6) is 17.2 Å². The fraction of sp³-hybridized carbons (Fsp3) is 0.160. The number of hydrogen-bond acceptors (Lipinski definition) is 5. The van der Waals surface area contributed by atoms with E-state index >= 15 is 0 Å². The Kier molecular flexibility index (Phi) is 7.25. The number of rotatable bonds is 9. The molecule has 0 atom stereocenters. The summed E-state index contributed by atoms with van der Waals surface area (Å²) < 4.78 is 39.8. The van der Waals surface area contributed by atoms with Crippen LogP contribution in [0.3, 0.4) is 0 Å². The van der Waals surface area contributed by atoms with Crippen LogP contribution in [0.1, 0.15) is 18.9 Å². The molecule has 3 aromatic carbocycles. The molecule has 0 amide bonds. The fourth-order valence-electron chi connectivity index (χ4n) is 3.63. The van der Waals surface area contributed by atoms with E-state index < -0.39 is 16.0 Å². The van der Waals surface area contributed by atoms with E-state index in [0.717, 1.165) is 3.97 Å². The highest BCUT2D eigenvalue weighted by Crippen LogP contribution is 2.33. The number of halogens is 2. The van der Waals surface area contributed by atoms with Gasteiger partial charge in [0.05, 0.1) is 27.1 Å². The first kappa shape index (κ1) is 24.9. The third-order valence-electron chi connectivity index (χ3n) is 5.23. The fourth-order valence-corrected chi connectivity index (χ4v) is 5.34. The number of hydrogen-bond donors (Lipinski definition) is 1. The Labute approximate surface area is 212 Å². The Hall–Kier alpha value is -3.20. The molecule has 0 bridgehead atoms. The van der Waals surface area contributed by atoms with Crippen molar-refractivity contribution in [2.24, 2.45) is 0 Å². The maximum absolute atomic E-state index is 13.6. The topological polar surface area (TPSA) is 94.8 Å². The van der Waals surface area contributed by atoms with E-state index in [1.807, 2.05) is 6.92 Å². The Morgan fingerprint density at radius 1 is 0.971 bits per heavy atom. The van der Waals surface area contributed by atoms with Gasteiger partial charge in [-0.2, -0.15) is 0 Å². The number of nitrogens with zero attached hydrogens (tertiary/aromatic N) is 1. The molecule has 0 aliphatic rings. The zero-order chi connectivity index (χ0) is 25.2. The number of fused-ring (bicyclic) bond motifs is 1. The van der Waals surface area contributed by atoms with Crippen molar-refractivity contribution in [2.45, 2.75) is 24.7 Å². The molecule has 0 saturated carbocycles. The lowest BCUT2D eigenvalue weighted by Crippen LogP contribution is -2.12. The summed E-state index contributed by atoms with van der Waals surface area (Å²) in [5.41, 5.74) is 1.01. The molecule has 0 spiro atoms. The van der Waals surface area contributed by atoms with Crippen LogP contribution in [0.25, 0.3) is 10.9 Å². The second kappa shape index (κ2) is 10.2. The van der Waals surface area contributed by atoms with Gasteiger partial charge in [0.15, 0.2) is 0 Å². The molecule has 1 aromatic heterocycles. The second-order valence-electron chi connectivity index (χ2n) is 7.61. The molecule has 0 radical (unpaired) electrons. The minimum atomic E-state index is -4.04. The molecule has 7 nitrogen and oxygen atoms in total. The number of aromatic nitrogens is 1. The van der Waals surface area contributed by atoms with Crippen molar-refractivity contribution in [3.63, 3.8) is 0 Å². The molecule has 10 heteroatoms. The molecule has 182 valence electrons. The first-order chi connectivity index (χ1) is 16.7. The van der Waals surface area contributed by atoms with Gasteiger partial charge in [-0.05, 0) is 61.4 Å². The maximum Gasteiger partial charge on any atom is 0.303 e. The van der Waals surface area contributed by atoms with E-state index in [9.17, 15) is 13.2 Å². The summed E-state index contributed by atoms with van der Waals surface area (Å²) in [6, 6.07) is 15.9. The van der Waals surface area contributed by atoms with Crippen LogP contribution in [-0.2, 0) is 21.2 Å². The summed E-state index contributed by atoms with van der Waals surface area (Å²) >= 11 is 12.0. The van der Waals surface area contributed by atoms with Gasteiger partial charge < -0.3 is 14.6 Å². The van der Waals surface area contributed by atoms with Gasteiger partial charge in [0.25, 0.3) is 10.0 Å². The lowest BCUT2D eigenvalue weighted by atomic mass is 10.1. The van der Waals surface area contributed by atoms with Crippen LogP contribution < -0.4 is 9.47 Å². The van der Waals surface area contributed by atoms with Crippen LogP contribution in [-0.4, -0.2) is 30.1 Å². The highest BCUT2D eigenvalue weighted by molar-refractivity contribution is 7.90. The van der Waals surface area contributed by atoms with E-state index in [-0.39, 0.29) is 17.7 Å². The summed E-state index contributed by atoms with van der Waals surface area (Å²) in [6.07, 6.45) is 1.50. The summed E-state index contributed by atoms with van der Waals surface area (Å²) in [7, 11) is -4.04. The van der Waals surface area contributed by atoms with Crippen LogP contribution in [0.2, 0.25) is 10.0 Å². The largest absolute Gasteiger partial charge is 0.494 e. The predicted molar refractivity (Wildman–Crippen MR) is 135 cm³/mol. The molecule has 0 aliphatic carbocycles. The number of carboxylic acid groups (broad SMARTS) is 1. The van der Waals surface area contributed by atoms with Gasteiger partial charge in [0.1, 0.15) is 17.2 Å². The highest BCUT2D eigenvalue weighted by atomic mass is 35.5. The van der Waals surface area contributed by atoms with Gasteiger partial charge in [-0.1, -0.05) is 29.3 Å². The highest BCUT2D eigenvalue weighted by Gasteiger charge is 2.23. The number of carbonyl (C=O) groups is 1. The SMILES string of the molecule is CCOc1ccc2c(c1)c(CCC(=O)O)cn2S(=O)(=O)c1cccc(Oc2ccc(Cl)c(Cl)c2)c1. The quantitative estimate of drug-likeness (QED) is 0.267. The van der Waals surface area contributed by atoms with Gasteiger partial charge in [0, 0.05) is 30.1 Å². The van der Waals surface area contributed by atoms with Crippen LogP contribution in [0, 0.1) is 0 Å². The van der Waals surface area contributed by atoms with E-state index in [1.54, 1.807) is 42.5 Å². The lowest BCUT2D eigenvalue weighted by Gasteiger charge is -2.11. The zero-order valence-corrected chi connectivity index (χ0v) is 20.9. The lowest BCUT2D eigenvalue weighted by molar-refractivity contribution is -0.136. The van der Waals surface area contributed by atoms with Crippen molar-refractivity contribution in [1.82, 2.24) is 3.97 Å². The number of carboxylic acids is 1. The first-order valence-electron chi connectivity index (χ1n) is 10.7. The normalized spacial score (nSPS) is 11.5. The molecule has 0 unspecified atom stereocenters. The number of aliphatic carboxylic acids is 1. The van der Waals surface area contributed by atoms with Crippen LogP contribution >= 0.6 is 23.2 Å². The summed E-state index contributed by atoms with van der Waals surface area (Å²) in [5, 5.41) is 10.4. The van der Waals surface area contributed by atoms with E-state index in [2.05, 4.69) is 0 Å². The average molecular weight is 534 g/mol. The summed E-state index contributed by atoms with van der Waals surface area (Å²) in [4.78, 5) is 11.2. The van der Waals surface area contributed by atoms with Crippen molar-refractivity contribution in [3.8, 4) is 17.2 Å². The number of ether oxygens (including phenoxy) is 2. The van der Waals surface area contributed by atoms with Crippen LogP contribution in [0.15, 0.2) is 71.8 Å². The number of benzene rings is 3. The molecule has 0 aliphatic heterocycles. The Bertz CT molecular complexity index is 1510. The molecule has 4 rings (SSSR count). The van der Waals surface area contributed by atoms with Gasteiger partial charge in [-0.3, -0.25) is 4.79 Å². The smallest absolute Gasteiger partial charge is 0.303 e. The second-order valence-corrected chi connectivity index (χ2v) is 10.2. The molecule has 0 saturated heterocycles. The molecule has 1 heterocycles. The van der Waals surface area contributed by atoms with Gasteiger partial charge in [0.2, 0.25) is 0 Å². The van der Waals surface area contributed by atoms with Gasteiger partial charge >= 0.3 is 5.97 Å². The maximum atomic E-state index is 13.6. The Balaban J connectivity index is 1.75. The Morgan fingerprint density at radius 3 is 2.43 bits per heavy atom. The summed E-state index contributed by atoms with van der Waals surface area (Å²) in [6.45, 7) is 2.29. The van der Waals surface area contributed by atoms with Crippen molar-refractivity contribution in [2.75, 3.05) is 6.61 Å². The molecule has 35 heavy (non-hydrogen) atoms. The average Bonchev–Trinajstić information content (AvgIpc) is 3.19. The van der Waals surface area contributed by atoms with Crippen molar-refractivity contribution < 1.29 is 27.8 Å². The van der Waals surface area contributed by atoms with Crippen LogP contribution in [0.4, 0.5) is 0 Å². The predicted octanol–water partition coefficient (Wildman–Crippen LogP) is 6.39. The molecule has 4 aromatic rings. The van der Waals surface area contributed by atoms with E-state index in [0.29, 0.717) is 50.4 Å². The van der Waals surface area contributed by atoms with Gasteiger partial charge in [-0.15, -0.1) is 0 Å². The van der Waals surface area contributed by atoms with Crippen molar-refractivity contribution >= 4 is 50.1 Å². The van der Waals surface area contributed by atoms with E-state index in [1.165, 1.54) is 24.4 Å². The Morgan fingerprint density at radius 2 is 1.71 bits per heavy atom. The zero-order valence-electron chi connectivity index (χ0n) is 18.6. The van der Waals surface area contributed by atoms with E-state index in [4.69, 9.17) is 37.8 Å². The minimum Gasteiger partial charge on any atom is -0.494 e. The first-order valence-corrected chi connectivity index (χ1v) is 12.9. The third kappa shape index (κ3) is 5.40. The minimum absolute atomic E-state index is 0.00521. The summed E-state index contributed by atoms with van der Waals surface area (Å²) in [5.74, 6) is 0.302. The number of aryl methyl sites for hydroxylation is 1.